The zero-order chi connectivity index (χ0) is 15.1. The maximum absolute atomic E-state index is 5.32. The zero-order valence-electron chi connectivity index (χ0n) is 13.2. The summed E-state index contributed by atoms with van der Waals surface area (Å²) in [5, 5.41) is 3.41. The quantitative estimate of drug-likeness (QED) is 0.687. The molecule has 0 aliphatic heterocycles. The monoisotopic (exact) mass is 391 g/mol. The summed E-state index contributed by atoms with van der Waals surface area (Å²) in [6, 6.07) is 0. The largest absolute Gasteiger partial charge is 0.381 e. The Kier molecular flexibility index (Phi) is 7.72. The van der Waals surface area contributed by atoms with Crippen LogP contribution in [0.3, 0.4) is 0 Å². The zero-order valence-corrected chi connectivity index (χ0v) is 15.3. The lowest BCUT2D eigenvalue weighted by Gasteiger charge is -2.15. The highest BCUT2D eigenvalue weighted by atomic mass is 127. The molecule has 0 aromatic carbocycles. The molecular formula is C15H26IN3O. The minimum absolute atomic E-state index is 0.140. The Morgan fingerprint density at radius 2 is 1.90 bits per heavy atom. The Bertz CT molecular complexity index is 424. The predicted molar refractivity (Wildman–Crippen MR) is 92.2 cm³/mol. The van der Waals surface area contributed by atoms with Gasteiger partial charge in [0, 0.05) is 20.1 Å². The Balaban J connectivity index is 3.04. The van der Waals surface area contributed by atoms with E-state index >= 15 is 0 Å². The number of aromatic nitrogens is 2. The van der Waals surface area contributed by atoms with E-state index in [0.29, 0.717) is 5.92 Å². The van der Waals surface area contributed by atoms with Crippen LogP contribution in [-0.2, 0) is 17.6 Å². The minimum atomic E-state index is 0.140. The standard InChI is InChI=1S/C15H26IN3O/c1-6-7-17-15-14(16)12(8-10(2)3)18-13(19-15)9-11(4)20-5/h10-11H,6-9H2,1-5H3,(H,17,18,19). The topological polar surface area (TPSA) is 47.0 Å². The molecule has 0 fully saturated rings. The van der Waals surface area contributed by atoms with Gasteiger partial charge in [0.05, 0.1) is 15.4 Å². The second-order valence-electron chi connectivity index (χ2n) is 5.52. The molecule has 0 saturated carbocycles. The van der Waals surface area contributed by atoms with Crippen molar-refractivity contribution in [2.24, 2.45) is 5.92 Å². The second-order valence-corrected chi connectivity index (χ2v) is 6.60. The van der Waals surface area contributed by atoms with E-state index in [1.807, 2.05) is 6.92 Å². The average Bonchev–Trinajstić information content (AvgIpc) is 2.39. The summed E-state index contributed by atoms with van der Waals surface area (Å²) < 4.78 is 6.48. The molecule has 1 atom stereocenters. The van der Waals surface area contributed by atoms with Gasteiger partial charge in [0.15, 0.2) is 0 Å². The maximum atomic E-state index is 5.32. The molecule has 0 aliphatic rings. The van der Waals surface area contributed by atoms with Crippen LogP contribution in [0.5, 0.6) is 0 Å². The molecule has 5 heteroatoms. The van der Waals surface area contributed by atoms with Crippen molar-refractivity contribution in [2.75, 3.05) is 19.0 Å². The molecule has 0 spiro atoms. The lowest BCUT2D eigenvalue weighted by Crippen LogP contribution is -2.16. The smallest absolute Gasteiger partial charge is 0.143 e. The number of rotatable bonds is 8. The number of ether oxygens (including phenoxy) is 1. The fourth-order valence-corrected chi connectivity index (χ4v) is 2.51. The van der Waals surface area contributed by atoms with Crippen molar-refractivity contribution in [3.05, 3.63) is 15.1 Å². The third-order valence-electron chi connectivity index (χ3n) is 2.98. The fraction of sp³-hybridized carbons (Fsp3) is 0.733. The highest BCUT2D eigenvalue weighted by Gasteiger charge is 2.14. The summed E-state index contributed by atoms with van der Waals surface area (Å²) in [7, 11) is 1.72. The molecule has 0 bridgehead atoms. The van der Waals surface area contributed by atoms with E-state index in [9.17, 15) is 0 Å². The lowest BCUT2D eigenvalue weighted by atomic mass is 10.1. The van der Waals surface area contributed by atoms with Gasteiger partial charge in [0.1, 0.15) is 11.6 Å². The van der Waals surface area contributed by atoms with Gasteiger partial charge in [-0.05, 0) is 48.3 Å². The van der Waals surface area contributed by atoms with Crippen molar-refractivity contribution < 1.29 is 4.74 Å². The third-order valence-corrected chi connectivity index (χ3v) is 4.12. The van der Waals surface area contributed by atoms with Crippen molar-refractivity contribution in [3.8, 4) is 0 Å². The Morgan fingerprint density at radius 3 is 2.45 bits per heavy atom. The summed E-state index contributed by atoms with van der Waals surface area (Å²) in [6.45, 7) is 9.57. The Hall–Kier alpha value is -0.430. The van der Waals surface area contributed by atoms with Crippen LogP contribution >= 0.6 is 22.6 Å². The van der Waals surface area contributed by atoms with Crippen LogP contribution in [0.4, 0.5) is 5.82 Å². The van der Waals surface area contributed by atoms with Gasteiger partial charge in [0.25, 0.3) is 0 Å². The SMILES string of the molecule is CCCNc1nc(CC(C)OC)nc(CC(C)C)c1I. The van der Waals surface area contributed by atoms with E-state index in [1.165, 1.54) is 0 Å². The van der Waals surface area contributed by atoms with Gasteiger partial charge in [0.2, 0.25) is 0 Å². The van der Waals surface area contributed by atoms with Crippen LogP contribution in [0.1, 0.15) is 45.6 Å². The molecule has 1 aromatic rings. The molecule has 114 valence electrons. The minimum Gasteiger partial charge on any atom is -0.381 e. The molecule has 0 saturated heterocycles. The molecule has 20 heavy (non-hydrogen) atoms. The molecule has 4 nitrogen and oxygen atoms in total. The summed E-state index contributed by atoms with van der Waals surface area (Å²) in [4.78, 5) is 9.39. The van der Waals surface area contributed by atoms with E-state index < -0.39 is 0 Å². The van der Waals surface area contributed by atoms with Gasteiger partial charge in [-0.2, -0.15) is 0 Å². The first-order valence-electron chi connectivity index (χ1n) is 7.29. The van der Waals surface area contributed by atoms with Gasteiger partial charge in [-0.3, -0.25) is 0 Å². The van der Waals surface area contributed by atoms with Crippen molar-refractivity contribution in [2.45, 2.75) is 53.1 Å². The lowest BCUT2D eigenvalue weighted by molar-refractivity contribution is 0.117. The van der Waals surface area contributed by atoms with Gasteiger partial charge in [-0.25, -0.2) is 9.97 Å². The van der Waals surface area contributed by atoms with Crippen molar-refractivity contribution >= 4 is 28.4 Å². The number of halogens is 1. The van der Waals surface area contributed by atoms with Crippen LogP contribution in [0.25, 0.3) is 0 Å². The molecule has 1 aromatic heterocycles. The Labute approximate surface area is 136 Å². The molecule has 1 unspecified atom stereocenters. The molecule has 1 rings (SSSR count). The normalized spacial score (nSPS) is 12.8. The number of hydrogen-bond acceptors (Lipinski definition) is 4. The molecule has 0 radical (unpaired) electrons. The average molecular weight is 391 g/mol. The maximum Gasteiger partial charge on any atom is 0.143 e. The predicted octanol–water partition coefficient (Wildman–Crippen LogP) is 3.68. The fourth-order valence-electron chi connectivity index (χ4n) is 1.86. The van der Waals surface area contributed by atoms with Crippen LogP contribution in [0.15, 0.2) is 0 Å². The van der Waals surface area contributed by atoms with E-state index in [-0.39, 0.29) is 6.10 Å². The molecule has 1 N–H and O–H groups in total. The van der Waals surface area contributed by atoms with Crippen LogP contribution in [0, 0.1) is 9.49 Å². The van der Waals surface area contributed by atoms with E-state index in [1.54, 1.807) is 7.11 Å². The summed E-state index contributed by atoms with van der Waals surface area (Å²) in [6.07, 6.45) is 2.96. The van der Waals surface area contributed by atoms with E-state index in [4.69, 9.17) is 9.72 Å². The first-order valence-corrected chi connectivity index (χ1v) is 8.37. The number of methoxy groups -OCH3 is 1. The van der Waals surface area contributed by atoms with Gasteiger partial charge in [-0.1, -0.05) is 20.8 Å². The molecule has 0 amide bonds. The van der Waals surface area contributed by atoms with Crippen LogP contribution in [-0.4, -0.2) is 29.7 Å². The molecule has 1 heterocycles. The molecular weight excluding hydrogens is 365 g/mol. The van der Waals surface area contributed by atoms with Gasteiger partial charge >= 0.3 is 0 Å². The molecule has 0 aliphatic carbocycles. The highest BCUT2D eigenvalue weighted by Crippen LogP contribution is 2.22. The number of nitrogens with zero attached hydrogens (tertiary/aromatic N) is 2. The van der Waals surface area contributed by atoms with E-state index in [0.717, 1.165) is 46.7 Å². The van der Waals surface area contributed by atoms with Gasteiger partial charge in [-0.15, -0.1) is 0 Å². The first-order chi connectivity index (χ1) is 9.47. The third kappa shape index (κ3) is 5.52. The van der Waals surface area contributed by atoms with E-state index in [2.05, 4.69) is 53.7 Å². The van der Waals surface area contributed by atoms with Crippen molar-refractivity contribution in [1.82, 2.24) is 9.97 Å². The second kappa shape index (κ2) is 8.77. The van der Waals surface area contributed by atoms with Gasteiger partial charge < -0.3 is 10.1 Å². The summed E-state index contributed by atoms with van der Waals surface area (Å²) >= 11 is 2.35. The number of anilines is 1. The number of nitrogens with one attached hydrogen (secondary N) is 1. The summed E-state index contributed by atoms with van der Waals surface area (Å²) in [5.41, 5.74) is 1.15. The highest BCUT2D eigenvalue weighted by molar-refractivity contribution is 14.1. The first kappa shape index (κ1) is 17.6. The van der Waals surface area contributed by atoms with Crippen LogP contribution in [0.2, 0.25) is 0 Å². The van der Waals surface area contributed by atoms with Crippen molar-refractivity contribution in [1.29, 1.82) is 0 Å². The van der Waals surface area contributed by atoms with Crippen molar-refractivity contribution in [3.63, 3.8) is 0 Å². The number of hydrogen-bond donors (Lipinski definition) is 1. The Morgan fingerprint density at radius 1 is 1.20 bits per heavy atom. The van der Waals surface area contributed by atoms with Crippen LogP contribution < -0.4 is 5.32 Å². The summed E-state index contributed by atoms with van der Waals surface area (Å²) in [5.74, 6) is 2.43.